The molecule has 0 radical (unpaired) electrons. The van der Waals surface area contributed by atoms with Crippen LogP contribution in [-0.4, -0.2) is 37.7 Å². The van der Waals surface area contributed by atoms with Crippen molar-refractivity contribution in [1.29, 1.82) is 0 Å². The summed E-state index contributed by atoms with van der Waals surface area (Å²) in [5.41, 5.74) is 2.32. The Labute approximate surface area is 183 Å². The van der Waals surface area contributed by atoms with Gasteiger partial charge in [-0.1, -0.05) is 18.6 Å². The van der Waals surface area contributed by atoms with Crippen molar-refractivity contribution < 1.29 is 13.9 Å². The zero-order valence-electron chi connectivity index (χ0n) is 16.9. The monoisotopic (exact) mass is 433 g/mol. The third-order valence-electron chi connectivity index (χ3n) is 5.92. The second-order valence-corrected chi connectivity index (χ2v) is 7.88. The second-order valence-electron chi connectivity index (χ2n) is 7.88. The molecule has 1 aliphatic heterocycles. The van der Waals surface area contributed by atoms with Crippen molar-refractivity contribution >= 4 is 24.0 Å². The third-order valence-corrected chi connectivity index (χ3v) is 5.92. The molecule has 2 fully saturated rings. The molecular formula is C23H29ClFN3O2. The van der Waals surface area contributed by atoms with Crippen molar-refractivity contribution in [2.24, 2.45) is 5.92 Å². The Morgan fingerprint density at radius 3 is 2.57 bits per heavy atom. The molecule has 2 aromatic carbocycles. The van der Waals surface area contributed by atoms with Crippen LogP contribution in [0.2, 0.25) is 0 Å². The molecule has 1 saturated heterocycles. The summed E-state index contributed by atoms with van der Waals surface area (Å²) in [6, 6.07) is 14.3. The Morgan fingerprint density at radius 2 is 1.87 bits per heavy atom. The first-order valence-electron chi connectivity index (χ1n) is 10.4. The van der Waals surface area contributed by atoms with Gasteiger partial charge in [0.1, 0.15) is 5.82 Å². The molecule has 0 spiro atoms. The minimum Gasteiger partial charge on any atom is -0.379 e. The van der Waals surface area contributed by atoms with E-state index < -0.39 is 0 Å². The summed E-state index contributed by atoms with van der Waals surface area (Å²) in [6.07, 6.45) is 3.69. The fraction of sp³-hybridized carbons (Fsp3) is 0.435. The SMILES string of the molecule is Cl.O=C(Nc1ccc(F)cc1)c1ccc(CNC2CCCC2C2COCCN2)cc1. The Morgan fingerprint density at radius 1 is 1.10 bits per heavy atom. The number of hydrogen-bond donors (Lipinski definition) is 3. The van der Waals surface area contributed by atoms with Crippen molar-refractivity contribution in [3.05, 3.63) is 65.5 Å². The van der Waals surface area contributed by atoms with Gasteiger partial charge in [-0.3, -0.25) is 4.79 Å². The molecule has 3 unspecified atom stereocenters. The van der Waals surface area contributed by atoms with E-state index in [9.17, 15) is 9.18 Å². The van der Waals surface area contributed by atoms with Gasteiger partial charge in [-0.2, -0.15) is 0 Å². The van der Waals surface area contributed by atoms with E-state index in [2.05, 4.69) is 16.0 Å². The Kier molecular flexibility index (Phi) is 8.22. The first-order valence-corrected chi connectivity index (χ1v) is 10.4. The number of carbonyl (C=O) groups is 1. The lowest BCUT2D eigenvalue weighted by atomic mass is 9.94. The van der Waals surface area contributed by atoms with Gasteiger partial charge in [0, 0.05) is 36.4 Å². The fourth-order valence-electron chi connectivity index (χ4n) is 4.34. The van der Waals surface area contributed by atoms with Crippen molar-refractivity contribution in [3.63, 3.8) is 0 Å². The summed E-state index contributed by atoms with van der Waals surface area (Å²) >= 11 is 0. The number of nitrogens with one attached hydrogen (secondary N) is 3. The molecule has 1 saturated carbocycles. The number of ether oxygens (including phenoxy) is 1. The van der Waals surface area contributed by atoms with Gasteiger partial charge in [-0.25, -0.2) is 4.39 Å². The molecule has 4 rings (SSSR count). The molecule has 0 bridgehead atoms. The summed E-state index contributed by atoms with van der Waals surface area (Å²) in [5, 5.41) is 10.1. The van der Waals surface area contributed by atoms with Crippen LogP contribution < -0.4 is 16.0 Å². The number of anilines is 1. The topological polar surface area (TPSA) is 62.4 Å². The Balaban J connectivity index is 0.00000256. The first kappa shape index (κ1) is 22.7. The van der Waals surface area contributed by atoms with E-state index in [1.165, 1.54) is 31.4 Å². The fourth-order valence-corrected chi connectivity index (χ4v) is 4.34. The molecule has 1 heterocycles. The van der Waals surface area contributed by atoms with E-state index >= 15 is 0 Å². The summed E-state index contributed by atoms with van der Waals surface area (Å²) in [7, 11) is 0. The first-order chi connectivity index (χ1) is 14.2. The van der Waals surface area contributed by atoms with E-state index in [4.69, 9.17) is 4.74 Å². The van der Waals surface area contributed by atoms with E-state index in [0.29, 0.717) is 29.3 Å². The normalized spacial score (nSPS) is 23.6. The lowest BCUT2D eigenvalue weighted by molar-refractivity contribution is 0.0524. The number of halogens is 2. The predicted molar refractivity (Wildman–Crippen MR) is 119 cm³/mol. The van der Waals surface area contributed by atoms with Crippen LogP contribution in [0.5, 0.6) is 0 Å². The van der Waals surface area contributed by atoms with Crippen LogP contribution in [0.1, 0.15) is 35.2 Å². The van der Waals surface area contributed by atoms with Crippen LogP contribution in [0, 0.1) is 11.7 Å². The number of rotatable bonds is 6. The summed E-state index contributed by atoms with van der Waals surface area (Å²) < 4.78 is 18.6. The molecule has 3 atom stereocenters. The number of amides is 1. The zero-order chi connectivity index (χ0) is 20.1. The molecule has 0 aromatic heterocycles. The highest BCUT2D eigenvalue weighted by Crippen LogP contribution is 2.29. The van der Waals surface area contributed by atoms with E-state index in [0.717, 1.165) is 31.9 Å². The summed E-state index contributed by atoms with van der Waals surface area (Å²) in [4.78, 5) is 12.4. The molecule has 30 heavy (non-hydrogen) atoms. The van der Waals surface area contributed by atoms with Gasteiger partial charge in [0.15, 0.2) is 0 Å². The molecule has 2 aliphatic rings. The van der Waals surface area contributed by atoms with Gasteiger partial charge < -0.3 is 20.7 Å². The average Bonchev–Trinajstić information content (AvgIpc) is 3.23. The smallest absolute Gasteiger partial charge is 0.255 e. The highest BCUT2D eigenvalue weighted by atomic mass is 35.5. The molecular weight excluding hydrogens is 405 g/mol. The number of hydrogen-bond acceptors (Lipinski definition) is 4. The lowest BCUT2D eigenvalue weighted by Gasteiger charge is -2.33. The van der Waals surface area contributed by atoms with Crippen LogP contribution >= 0.6 is 12.4 Å². The van der Waals surface area contributed by atoms with Crippen LogP contribution in [0.4, 0.5) is 10.1 Å². The minimum atomic E-state index is -0.323. The van der Waals surface area contributed by atoms with Crippen molar-refractivity contribution in [2.75, 3.05) is 25.1 Å². The summed E-state index contributed by atoms with van der Waals surface area (Å²) in [5.74, 6) is 0.0857. The molecule has 7 heteroatoms. The van der Waals surface area contributed by atoms with E-state index in [1.807, 2.05) is 24.3 Å². The maximum absolute atomic E-state index is 13.0. The Hall–Kier alpha value is -1.99. The highest BCUT2D eigenvalue weighted by molar-refractivity contribution is 6.04. The maximum atomic E-state index is 13.0. The number of morpholine rings is 1. The zero-order valence-corrected chi connectivity index (χ0v) is 17.7. The number of carbonyl (C=O) groups excluding carboxylic acids is 1. The summed E-state index contributed by atoms with van der Waals surface area (Å²) in [6.45, 7) is 3.34. The largest absolute Gasteiger partial charge is 0.379 e. The molecule has 5 nitrogen and oxygen atoms in total. The molecule has 2 aromatic rings. The third kappa shape index (κ3) is 5.79. The highest BCUT2D eigenvalue weighted by Gasteiger charge is 2.34. The quantitative estimate of drug-likeness (QED) is 0.649. The van der Waals surface area contributed by atoms with Gasteiger partial charge in [0.05, 0.1) is 13.2 Å². The van der Waals surface area contributed by atoms with Crippen molar-refractivity contribution in [3.8, 4) is 0 Å². The maximum Gasteiger partial charge on any atom is 0.255 e. The van der Waals surface area contributed by atoms with Crippen molar-refractivity contribution in [1.82, 2.24) is 10.6 Å². The van der Waals surface area contributed by atoms with Crippen LogP contribution in [0.25, 0.3) is 0 Å². The van der Waals surface area contributed by atoms with E-state index in [-0.39, 0.29) is 24.1 Å². The standard InChI is InChI=1S/C23H28FN3O2.ClH/c24-18-8-10-19(11-9-18)27-23(28)17-6-4-16(5-7-17)14-26-21-3-1-2-20(21)22-15-29-13-12-25-22;/h4-11,20-22,25-26H,1-3,12-15H2,(H,27,28);1H. The van der Waals surface area contributed by atoms with Gasteiger partial charge in [0.25, 0.3) is 5.91 Å². The molecule has 1 aliphatic carbocycles. The van der Waals surface area contributed by atoms with Crippen LogP contribution in [0.3, 0.4) is 0 Å². The lowest BCUT2D eigenvalue weighted by Crippen LogP contribution is -2.50. The minimum absolute atomic E-state index is 0. The number of benzene rings is 2. The van der Waals surface area contributed by atoms with E-state index in [1.54, 1.807) is 12.1 Å². The average molecular weight is 434 g/mol. The van der Waals surface area contributed by atoms with Crippen LogP contribution in [-0.2, 0) is 11.3 Å². The second kappa shape index (κ2) is 10.9. The van der Waals surface area contributed by atoms with Crippen LogP contribution in [0.15, 0.2) is 48.5 Å². The molecule has 3 N–H and O–H groups in total. The molecule has 1 amide bonds. The predicted octanol–water partition coefficient (Wildman–Crippen LogP) is 3.75. The van der Waals surface area contributed by atoms with Gasteiger partial charge in [0.2, 0.25) is 0 Å². The van der Waals surface area contributed by atoms with Gasteiger partial charge in [-0.05, 0) is 60.7 Å². The Bertz CT molecular complexity index is 810. The molecule has 162 valence electrons. The van der Waals surface area contributed by atoms with Crippen molar-refractivity contribution in [2.45, 2.75) is 37.9 Å². The van der Waals surface area contributed by atoms with Gasteiger partial charge >= 0.3 is 0 Å². The van der Waals surface area contributed by atoms with Gasteiger partial charge in [-0.15, -0.1) is 12.4 Å².